The number of piperidine rings is 1. The molecule has 0 aromatic heterocycles. The summed E-state index contributed by atoms with van der Waals surface area (Å²) in [6, 6.07) is 6.69. The van der Waals surface area contributed by atoms with Gasteiger partial charge in [0.25, 0.3) is 5.91 Å². The third kappa shape index (κ3) is 5.25. The number of hydrogen-bond acceptors (Lipinski definition) is 5. The van der Waals surface area contributed by atoms with Crippen molar-refractivity contribution in [1.82, 2.24) is 4.90 Å². The summed E-state index contributed by atoms with van der Waals surface area (Å²) < 4.78 is 84.5. The van der Waals surface area contributed by atoms with Crippen molar-refractivity contribution in [3.63, 3.8) is 0 Å². The summed E-state index contributed by atoms with van der Waals surface area (Å²) in [6.07, 6.45) is -14.3. The third-order valence-corrected chi connectivity index (χ3v) is 5.42. The Kier molecular flexibility index (Phi) is 6.56. The molecule has 2 fully saturated rings. The average molecular weight is 460 g/mol. The van der Waals surface area contributed by atoms with Gasteiger partial charge in [-0.1, -0.05) is 0 Å². The Bertz CT molecular complexity index is 941. The van der Waals surface area contributed by atoms with E-state index in [0.717, 1.165) is 18.2 Å². The Morgan fingerprint density at radius 1 is 1.12 bits per heavy atom. The summed E-state index contributed by atoms with van der Waals surface area (Å²) >= 11 is 0. The Morgan fingerprint density at radius 3 is 2.31 bits per heavy atom. The zero-order chi connectivity index (χ0) is 23.7. The molecule has 0 radical (unpaired) electrons. The minimum atomic E-state index is -4.92. The number of likely N-dealkylation sites (tertiary alicyclic amines) is 1. The second-order valence-electron chi connectivity index (χ2n) is 7.64. The van der Waals surface area contributed by atoms with Crippen molar-refractivity contribution in [1.29, 1.82) is 10.5 Å². The molecule has 2 saturated heterocycles. The van der Waals surface area contributed by atoms with E-state index < -0.39 is 49.1 Å². The van der Waals surface area contributed by atoms with E-state index in [1.165, 1.54) is 4.90 Å². The van der Waals surface area contributed by atoms with Crippen LogP contribution in [0.2, 0.25) is 0 Å². The van der Waals surface area contributed by atoms with Gasteiger partial charge in [-0.15, -0.1) is 0 Å². The maximum atomic E-state index is 13.6. The SMILES string of the molecule is N#Cc1ccc(N2CC(C(=O)N3CCC(C#N)CC3)OC2C(F)(F)F)cc1CC(F)(F)F. The molecule has 2 aliphatic heterocycles. The molecule has 0 aliphatic carbocycles. The molecular formula is C20H18F6N4O2. The molecule has 3 rings (SSSR count). The lowest BCUT2D eigenvalue weighted by Crippen LogP contribution is -2.45. The van der Waals surface area contributed by atoms with Crippen LogP contribution in [0.15, 0.2) is 18.2 Å². The molecule has 172 valence electrons. The number of carbonyl (C=O) groups is 1. The maximum Gasteiger partial charge on any atom is 0.433 e. The first-order valence-corrected chi connectivity index (χ1v) is 9.70. The van der Waals surface area contributed by atoms with E-state index in [4.69, 9.17) is 15.3 Å². The first-order chi connectivity index (χ1) is 14.9. The highest BCUT2D eigenvalue weighted by Crippen LogP contribution is 2.37. The highest BCUT2D eigenvalue weighted by Gasteiger charge is 2.53. The summed E-state index contributed by atoms with van der Waals surface area (Å²) in [5.74, 6) is -0.893. The van der Waals surface area contributed by atoms with E-state index in [-0.39, 0.29) is 30.3 Å². The van der Waals surface area contributed by atoms with Gasteiger partial charge in [-0.3, -0.25) is 4.79 Å². The number of nitriles is 2. The van der Waals surface area contributed by atoms with E-state index in [1.54, 1.807) is 6.07 Å². The summed E-state index contributed by atoms with van der Waals surface area (Å²) in [4.78, 5) is 14.8. The van der Waals surface area contributed by atoms with E-state index in [0.29, 0.717) is 17.7 Å². The Balaban J connectivity index is 1.85. The Morgan fingerprint density at radius 2 is 1.78 bits per heavy atom. The van der Waals surface area contributed by atoms with Gasteiger partial charge < -0.3 is 14.5 Å². The molecule has 1 aromatic rings. The van der Waals surface area contributed by atoms with Gasteiger partial charge in [-0.05, 0) is 36.6 Å². The van der Waals surface area contributed by atoms with Gasteiger partial charge in [0.2, 0.25) is 6.23 Å². The van der Waals surface area contributed by atoms with Crippen LogP contribution in [0.1, 0.15) is 24.0 Å². The first-order valence-electron chi connectivity index (χ1n) is 9.70. The number of halogens is 6. The van der Waals surface area contributed by atoms with Gasteiger partial charge in [0, 0.05) is 24.7 Å². The van der Waals surface area contributed by atoms with Gasteiger partial charge in [-0.2, -0.15) is 36.9 Å². The number of alkyl halides is 6. The predicted molar refractivity (Wildman–Crippen MR) is 97.9 cm³/mol. The number of nitrogens with zero attached hydrogens (tertiary/aromatic N) is 4. The molecule has 12 heteroatoms. The van der Waals surface area contributed by atoms with Gasteiger partial charge in [0.1, 0.15) is 0 Å². The van der Waals surface area contributed by atoms with Crippen molar-refractivity contribution in [2.24, 2.45) is 5.92 Å². The molecule has 1 aromatic carbocycles. The minimum Gasteiger partial charge on any atom is -0.340 e. The van der Waals surface area contributed by atoms with E-state index in [9.17, 15) is 31.1 Å². The van der Waals surface area contributed by atoms with Crippen LogP contribution in [0.5, 0.6) is 0 Å². The Hall–Kier alpha value is -2.99. The lowest BCUT2D eigenvalue weighted by Gasteiger charge is -2.30. The van der Waals surface area contributed by atoms with Crippen molar-refractivity contribution in [3.8, 4) is 12.1 Å². The van der Waals surface area contributed by atoms with Crippen LogP contribution in [-0.2, 0) is 16.0 Å². The number of hydrogen-bond donors (Lipinski definition) is 0. The molecule has 6 nitrogen and oxygen atoms in total. The van der Waals surface area contributed by atoms with Gasteiger partial charge >= 0.3 is 12.4 Å². The number of anilines is 1. The number of carbonyl (C=O) groups excluding carboxylic acids is 1. The number of rotatable bonds is 3. The molecule has 2 unspecified atom stereocenters. The molecule has 2 heterocycles. The second kappa shape index (κ2) is 8.87. The fourth-order valence-electron chi connectivity index (χ4n) is 3.84. The standard InChI is InChI=1S/C20H18F6N4O2/c21-19(22,23)8-14-7-15(2-1-13(14)10-28)30-11-16(32-18(30)20(24,25)26)17(31)29-5-3-12(9-27)4-6-29/h1-2,7,12,16,18H,3-6,8,11H2. The molecule has 1 amide bonds. The molecule has 32 heavy (non-hydrogen) atoms. The lowest BCUT2D eigenvalue weighted by atomic mass is 9.98. The first kappa shape index (κ1) is 23.7. The fraction of sp³-hybridized carbons (Fsp3) is 0.550. The highest BCUT2D eigenvalue weighted by atomic mass is 19.4. The molecule has 0 saturated carbocycles. The quantitative estimate of drug-likeness (QED) is 0.645. The van der Waals surface area contributed by atoms with E-state index in [2.05, 4.69) is 6.07 Å². The maximum absolute atomic E-state index is 13.6. The summed E-state index contributed by atoms with van der Waals surface area (Å²) in [7, 11) is 0. The monoisotopic (exact) mass is 460 g/mol. The van der Waals surface area contributed by atoms with Crippen molar-refractivity contribution in [2.75, 3.05) is 24.5 Å². The van der Waals surface area contributed by atoms with Crippen molar-refractivity contribution >= 4 is 11.6 Å². The summed E-state index contributed by atoms with van der Waals surface area (Å²) in [5, 5.41) is 18.0. The van der Waals surface area contributed by atoms with Crippen LogP contribution in [0.3, 0.4) is 0 Å². The highest BCUT2D eigenvalue weighted by molar-refractivity contribution is 5.82. The second-order valence-corrected chi connectivity index (χ2v) is 7.64. The minimum absolute atomic E-state index is 0.209. The van der Waals surface area contributed by atoms with Crippen LogP contribution in [0, 0.1) is 28.6 Å². The zero-order valence-electron chi connectivity index (χ0n) is 16.6. The molecule has 0 spiro atoms. The van der Waals surface area contributed by atoms with Gasteiger partial charge in [0.15, 0.2) is 6.10 Å². The zero-order valence-corrected chi connectivity index (χ0v) is 16.6. The fourth-order valence-corrected chi connectivity index (χ4v) is 3.84. The van der Waals surface area contributed by atoms with Crippen LogP contribution >= 0.6 is 0 Å². The normalized spacial score (nSPS) is 22.5. The number of ether oxygens (including phenoxy) is 1. The summed E-state index contributed by atoms with van der Waals surface area (Å²) in [6.45, 7) is -0.0983. The average Bonchev–Trinajstić information content (AvgIpc) is 3.18. The largest absolute Gasteiger partial charge is 0.433 e. The topological polar surface area (TPSA) is 80.4 Å². The van der Waals surface area contributed by atoms with E-state index in [1.807, 2.05) is 0 Å². The molecule has 2 aliphatic rings. The number of benzene rings is 1. The van der Waals surface area contributed by atoms with Crippen LogP contribution in [0.4, 0.5) is 32.0 Å². The van der Waals surface area contributed by atoms with Crippen molar-refractivity contribution in [3.05, 3.63) is 29.3 Å². The molecular weight excluding hydrogens is 442 g/mol. The van der Waals surface area contributed by atoms with Crippen LogP contribution in [0.25, 0.3) is 0 Å². The molecule has 0 bridgehead atoms. The van der Waals surface area contributed by atoms with E-state index >= 15 is 0 Å². The Labute approximate surface area is 179 Å². The number of amides is 1. The van der Waals surface area contributed by atoms with Gasteiger partial charge in [0.05, 0.1) is 30.7 Å². The van der Waals surface area contributed by atoms with Crippen molar-refractivity contribution < 1.29 is 35.9 Å². The third-order valence-electron chi connectivity index (χ3n) is 5.42. The van der Waals surface area contributed by atoms with Gasteiger partial charge in [-0.25, -0.2) is 0 Å². The van der Waals surface area contributed by atoms with Crippen LogP contribution < -0.4 is 4.90 Å². The van der Waals surface area contributed by atoms with Crippen molar-refractivity contribution in [2.45, 2.75) is 43.9 Å². The summed E-state index contributed by atoms with van der Waals surface area (Å²) in [5.41, 5.74) is -1.00. The predicted octanol–water partition coefficient (Wildman–Crippen LogP) is 3.52. The van der Waals surface area contributed by atoms with Crippen LogP contribution in [-0.4, -0.2) is 55.1 Å². The molecule has 0 N–H and O–H groups in total. The smallest absolute Gasteiger partial charge is 0.340 e. The lowest BCUT2D eigenvalue weighted by molar-refractivity contribution is -0.215. The molecule has 2 atom stereocenters.